The maximum atomic E-state index is 8.66. The summed E-state index contributed by atoms with van der Waals surface area (Å²) in [4.78, 5) is 0. The van der Waals surface area contributed by atoms with E-state index >= 15 is 0 Å². The van der Waals surface area contributed by atoms with Crippen LogP contribution in [-0.4, -0.2) is 7.05 Å². The molecule has 1 N–H and O–H groups in total. The fourth-order valence-electron chi connectivity index (χ4n) is 1.98. The lowest BCUT2D eigenvalue weighted by Crippen LogP contribution is -2.13. The van der Waals surface area contributed by atoms with Crippen LogP contribution in [0.5, 0.6) is 11.5 Å². The van der Waals surface area contributed by atoms with Crippen LogP contribution in [0.25, 0.3) is 0 Å². The number of para-hydroxylation sites is 1. The average Bonchev–Trinajstić information content (AvgIpc) is 2.49. The Bertz CT molecular complexity index is 599. The first-order valence-corrected chi connectivity index (χ1v) is 6.64. The van der Waals surface area contributed by atoms with Crippen LogP contribution in [0.3, 0.4) is 0 Å². The van der Waals surface area contributed by atoms with Gasteiger partial charge in [0.2, 0.25) is 0 Å². The second kappa shape index (κ2) is 6.74. The molecule has 0 radical (unpaired) electrons. The third-order valence-electron chi connectivity index (χ3n) is 3.25. The van der Waals surface area contributed by atoms with Gasteiger partial charge in [-0.3, -0.25) is 0 Å². The van der Waals surface area contributed by atoms with Crippen LogP contribution < -0.4 is 10.1 Å². The lowest BCUT2D eigenvalue weighted by atomic mass is 10.1. The number of hydrogen-bond donors (Lipinski definition) is 1. The first kappa shape index (κ1) is 14.1. The Morgan fingerprint density at radius 2 is 1.85 bits per heavy atom. The van der Waals surface area contributed by atoms with Gasteiger partial charge in [-0.25, -0.2) is 0 Å². The van der Waals surface area contributed by atoms with Crippen molar-refractivity contribution in [1.29, 1.82) is 5.26 Å². The number of hydrogen-bond acceptors (Lipinski definition) is 3. The van der Waals surface area contributed by atoms with Gasteiger partial charge in [0.05, 0.1) is 12.5 Å². The van der Waals surface area contributed by atoms with E-state index in [1.54, 1.807) is 0 Å². The molecule has 0 heterocycles. The molecule has 0 saturated carbocycles. The van der Waals surface area contributed by atoms with Gasteiger partial charge >= 0.3 is 0 Å². The Morgan fingerprint density at radius 1 is 1.15 bits per heavy atom. The van der Waals surface area contributed by atoms with E-state index in [0.717, 1.165) is 22.6 Å². The molecule has 0 aliphatic carbocycles. The molecule has 0 saturated heterocycles. The summed E-state index contributed by atoms with van der Waals surface area (Å²) in [6, 6.07) is 18.0. The number of nitrogens with zero attached hydrogens (tertiary/aromatic N) is 1. The Hall–Kier alpha value is -2.31. The van der Waals surface area contributed by atoms with Gasteiger partial charge < -0.3 is 10.1 Å². The molecule has 2 rings (SSSR count). The fourth-order valence-corrected chi connectivity index (χ4v) is 1.98. The van der Waals surface area contributed by atoms with Gasteiger partial charge in [0.1, 0.15) is 11.5 Å². The summed E-state index contributed by atoms with van der Waals surface area (Å²) >= 11 is 0. The first-order chi connectivity index (χ1) is 9.74. The normalized spacial score (nSPS) is 11.7. The van der Waals surface area contributed by atoms with E-state index in [1.165, 1.54) is 0 Å². The van der Waals surface area contributed by atoms with Gasteiger partial charge in [-0.1, -0.05) is 30.3 Å². The van der Waals surface area contributed by atoms with Crippen LogP contribution in [0.4, 0.5) is 0 Å². The summed E-state index contributed by atoms with van der Waals surface area (Å²) in [6.07, 6.45) is 0.424. The number of nitrogens with one attached hydrogen (secondary N) is 1. The summed E-state index contributed by atoms with van der Waals surface area (Å²) < 4.78 is 5.94. The van der Waals surface area contributed by atoms with E-state index in [0.29, 0.717) is 6.42 Å². The van der Waals surface area contributed by atoms with Gasteiger partial charge in [0.25, 0.3) is 0 Å². The van der Waals surface area contributed by atoms with Crippen molar-refractivity contribution in [3.05, 3.63) is 59.7 Å². The highest BCUT2D eigenvalue weighted by molar-refractivity contribution is 5.40. The Kier molecular flexibility index (Phi) is 4.75. The van der Waals surface area contributed by atoms with Crippen LogP contribution in [0.15, 0.2) is 48.5 Å². The van der Waals surface area contributed by atoms with Crippen LogP contribution >= 0.6 is 0 Å². The molecule has 0 bridgehead atoms. The van der Waals surface area contributed by atoms with Crippen molar-refractivity contribution < 1.29 is 4.74 Å². The Labute approximate surface area is 119 Å². The molecule has 1 atom stereocenters. The van der Waals surface area contributed by atoms with Gasteiger partial charge in [-0.2, -0.15) is 5.26 Å². The maximum Gasteiger partial charge on any atom is 0.132 e. The van der Waals surface area contributed by atoms with E-state index in [2.05, 4.69) is 24.4 Å². The molecule has 20 heavy (non-hydrogen) atoms. The minimum Gasteiger partial charge on any atom is -0.457 e. The standard InChI is InChI=1S/C17H18N2O/c1-13(19-2)16-5-3-4-6-17(16)20-15-9-7-14(8-10-15)11-12-18/h3-10,13,19H,11H2,1-2H3. The zero-order valence-electron chi connectivity index (χ0n) is 11.8. The lowest BCUT2D eigenvalue weighted by Gasteiger charge is -2.16. The second-order valence-corrected chi connectivity index (χ2v) is 4.63. The molecule has 0 aliphatic rings. The average molecular weight is 266 g/mol. The topological polar surface area (TPSA) is 45.0 Å². The van der Waals surface area contributed by atoms with E-state index < -0.39 is 0 Å². The molecule has 102 valence electrons. The summed E-state index contributed by atoms with van der Waals surface area (Å²) in [5.74, 6) is 1.63. The number of ether oxygens (including phenoxy) is 1. The van der Waals surface area contributed by atoms with Crippen molar-refractivity contribution in [2.24, 2.45) is 0 Å². The molecule has 0 spiro atoms. The summed E-state index contributed by atoms with van der Waals surface area (Å²) in [5.41, 5.74) is 2.12. The van der Waals surface area contributed by atoms with E-state index in [9.17, 15) is 0 Å². The monoisotopic (exact) mass is 266 g/mol. The summed E-state index contributed by atoms with van der Waals surface area (Å²) in [6.45, 7) is 2.10. The SMILES string of the molecule is CNC(C)c1ccccc1Oc1ccc(CC#N)cc1. The quantitative estimate of drug-likeness (QED) is 0.894. The van der Waals surface area contributed by atoms with Crippen LogP contribution in [0.1, 0.15) is 24.1 Å². The molecule has 1 unspecified atom stereocenters. The van der Waals surface area contributed by atoms with Gasteiger partial charge in [-0.05, 0) is 37.7 Å². The molecule has 0 aromatic heterocycles. The van der Waals surface area contributed by atoms with Crippen molar-refractivity contribution in [2.75, 3.05) is 7.05 Å². The molecule has 0 fully saturated rings. The van der Waals surface area contributed by atoms with Crippen molar-refractivity contribution in [3.63, 3.8) is 0 Å². The third-order valence-corrected chi connectivity index (χ3v) is 3.25. The largest absolute Gasteiger partial charge is 0.457 e. The lowest BCUT2D eigenvalue weighted by molar-refractivity contribution is 0.466. The molecule has 3 nitrogen and oxygen atoms in total. The number of nitriles is 1. The molecule has 2 aromatic carbocycles. The van der Waals surface area contributed by atoms with Gasteiger partial charge in [0.15, 0.2) is 0 Å². The van der Waals surface area contributed by atoms with E-state index in [4.69, 9.17) is 10.00 Å². The van der Waals surface area contributed by atoms with Crippen LogP contribution in [0, 0.1) is 11.3 Å². The molecule has 0 aliphatic heterocycles. The highest BCUT2D eigenvalue weighted by atomic mass is 16.5. The molecular formula is C17H18N2O. The molecule has 0 amide bonds. The van der Waals surface area contributed by atoms with Gasteiger partial charge in [-0.15, -0.1) is 0 Å². The highest BCUT2D eigenvalue weighted by Crippen LogP contribution is 2.29. The van der Waals surface area contributed by atoms with Crippen molar-refractivity contribution in [1.82, 2.24) is 5.32 Å². The predicted molar refractivity (Wildman–Crippen MR) is 79.7 cm³/mol. The Balaban J connectivity index is 2.19. The van der Waals surface area contributed by atoms with E-state index in [1.807, 2.05) is 49.5 Å². The van der Waals surface area contributed by atoms with Crippen molar-refractivity contribution in [2.45, 2.75) is 19.4 Å². The zero-order valence-corrected chi connectivity index (χ0v) is 11.8. The highest BCUT2D eigenvalue weighted by Gasteiger charge is 2.09. The second-order valence-electron chi connectivity index (χ2n) is 4.63. The molecular weight excluding hydrogens is 248 g/mol. The number of benzene rings is 2. The first-order valence-electron chi connectivity index (χ1n) is 6.64. The van der Waals surface area contributed by atoms with Crippen LogP contribution in [0.2, 0.25) is 0 Å². The van der Waals surface area contributed by atoms with Crippen LogP contribution in [-0.2, 0) is 6.42 Å². The number of rotatable bonds is 5. The van der Waals surface area contributed by atoms with Crippen molar-refractivity contribution in [3.8, 4) is 17.6 Å². The van der Waals surface area contributed by atoms with Gasteiger partial charge in [0, 0.05) is 11.6 Å². The van der Waals surface area contributed by atoms with E-state index in [-0.39, 0.29) is 6.04 Å². The van der Waals surface area contributed by atoms with Crippen molar-refractivity contribution >= 4 is 0 Å². The molecule has 2 aromatic rings. The maximum absolute atomic E-state index is 8.66. The summed E-state index contributed by atoms with van der Waals surface area (Å²) in [5, 5.41) is 11.9. The fraction of sp³-hybridized carbons (Fsp3) is 0.235. The summed E-state index contributed by atoms with van der Waals surface area (Å²) in [7, 11) is 1.93. The minimum atomic E-state index is 0.226. The third kappa shape index (κ3) is 3.37. The zero-order chi connectivity index (χ0) is 14.4. The molecule has 3 heteroatoms. The minimum absolute atomic E-state index is 0.226. The Morgan fingerprint density at radius 3 is 2.50 bits per heavy atom. The smallest absolute Gasteiger partial charge is 0.132 e. The predicted octanol–water partition coefficient (Wildman–Crippen LogP) is 3.83.